The van der Waals surface area contributed by atoms with Gasteiger partial charge in [0.05, 0.1) is 25.1 Å². The Balaban J connectivity index is 2.32. The molecule has 1 N–H and O–H groups in total. The fraction of sp³-hybridized carbons (Fsp3) is 0.409. The van der Waals surface area contributed by atoms with Crippen molar-refractivity contribution >= 4 is 21.6 Å². The number of sulfonamides is 1. The summed E-state index contributed by atoms with van der Waals surface area (Å²) in [4.78, 5) is 13.1. The highest BCUT2D eigenvalue weighted by Crippen LogP contribution is 2.25. The molecule has 29 heavy (non-hydrogen) atoms. The zero-order chi connectivity index (χ0) is 21.6. The van der Waals surface area contributed by atoms with Crippen LogP contribution < -0.4 is 14.4 Å². The van der Waals surface area contributed by atoms with Crippen molar-refractivity contribution in [3.63, 3.8) is 0 Å². The summed E-state index contributed by atoms with van der Waals surface area (Å²) >= 11 is 0. The van der Waals surface area contributed by atoms with E-state index in [0.29, 0.717) is 18.5 Å². The van der Waals surface area contributed by atoms with Crippen molar-refractivity contribution < 1.29 is 17.9 Å². The lowest BCUT2D eigenvalue weighted by Gasteiger charge is -2.31. The second kappa shape index (κ2) is 9.78. The van der Waals surface area contributed by atoms with Gasteiger partial charge in [-0.1, -0.05) is 38.1 Å². The third-order valence-corrected chi connectivity index (χ3v) is 6.01. The van der Waals surface area contributed by atoms with Gasteiger partial charge in [-0.15, -0.1) is 0 Å². The number of rotatable bonds is 9. The summed E-state index contributed by atoms with van der Waals surface area (Å²) in [6, 6.07) is 13.6. The third-order valence-electron chi connectivity index (χ3n) is 4.83. The van der Waals surface area contributed by atoms with Crippen molar-refractivity contribution in [2.45, 2.75) is 45.7 Å². The second-order valence-electron chi connectivity index (χ2n) is 7.06. The number of anilines is 1. The Labute approximate surface area is 173 Å². The van der Waals surface area contributed by atoms with Crippen LogP contribution in [-0.2, 0) is 14.8 Å². The number of nitrogens with one attached hydrogen (secondary N) is 1. The van der Waals surface area contributed by atoms with Crippen molar-refractivity contribution in [2.75, 3.05) is 17.7 Å². The fourth-order valence-corrected chi connectivity index (χ4v) is 4.55. The number of nitrogens with zero attached hydrogens (tertiary/aromatic N) is 1. The van der Waals surface area contributed by atoms with Crippen LogP contribution in [-0.4, -0.2) is 33.7 Å². The summed E-state index contributed by atoms with van der Waals surface area (Å²) < 4.78 is 31.6. The molecule has 0 saturated heterocycles. The Hall–Kier alpha value is -2.54. The zero-order valence-corrected chi connectivity index (χ0v) is 18.5. The Morgan fingerprint density at radius 3 is 2.24 bits per heavy atom. The van der Waals surface area contributed by atoms with Gasteiger partial charge in [-0.2, -0.15) is 0 Å². The van der Waals surface area contributed by atoms with Gasteiger partial charge in [0.25, 0.3) is 0 Å². The Morgan fingerprint density at radius 2 is 1.76 bits per heavy atom. The average Bonchev–Trinajstić information content (AvgIpc) is 2.69. The average molecular weight is 419 g/mol. The molecule has 0 saturated carbocycles. The number of carbonyl (C=O) groups excluding carboxylic acids is 1. The third kappa shape index (κ3) is 5.73. The van der Waals surface area contributed by atoms with Crippen LogP contribution in [0.2, 0.25) is 0 Å². The van der Waals surface area contributed by atoms with E-state index in [1.165, 1.54) is 4.31 Å². The molecular formula is C22H30N2O4S. The summed E-state index contributed by atoms with van der Waals surface area (Å²) in [5.41, 5.74) is 2.36. The van der Waals surface area contributed by atoms with Gasteiger partial charge < -0.3 is 10.1 Å². The van der Waals surface area contributed by atoms with Crippen LogP contribution in [0.25, 0.3) is 0 Å². The second-order valence-corrected chi connectivity index (χ2v) is 8.92. The molecule has 7 heteroatoms. The molecule has 2 aromatic rings. The normalized spacial score (nSPS) is 13.4. The van der Waals surface area contributed by atoms with E-state index in [0.717, 1.165) is 23.1 Å². The molecule has 158 valence electrons. The minimum Gasteiger partial charge on any atom is -0.497 e. The first-order valence-corrected chi connectivity index (χ1v) is 11.6. The fourth-order valence-electron chi connectivity index (χ4n) is 3.35. The topological polar surface area (TPSA) is 75.7 Å². The lowest BCUT2D eigenvalue weighted by atomic mass is 10.0. The maximum atomic E-state index is 13.1. The molecule has 1 amide bonds. The molecule has 2 atom stereocenters. The number of carbonyl (C=O) groups is 1. The summed E-state index contributed by atoms with van der Waals surface area (Å²) in [7, 11) is -2.05. The number of aryl methyl sites for hydroxylation is 1. The molecule has 2 aromatic carbocycles. The van der Waals surface area contributed by atoms with Crippen molar-refractivity contribution in [1.29, 1.82) is 0 Å². The smallest absolute Gasteiger partial charge is 0.244 e. The van der Waals surface area contributed by atoms with Crippen LogP contribution in [0.15, 0.2) is 48.5 Å². The SMILES string of the molecule is CCC(NC(=O)C(CC)N(c1cccc(C)c1)S(C)(=O)=O)c1ccc(OC)cc1. The highest BCUT2D eigenvalue weighted by molar-refractivity contribution is 7.92. The molecule has 0 fully saturated rings. The molecule has 0 aliphatic rings. The number of hydrogen-bond acceptors (Lipinski definition) is 4. The first-order valence-electron chi connectivity index (χ1n) is 9.71. The van der Waals surface area contributed by atoms with E-state index in [1.54, 1.807) is 25.3 Å². The lowest BCUT2D eigenvalue weighted by Crippen LogP contribution is -2.50. The maximum absolute atomic E-state index is 13.1. The highest BCUT2D eigenvalue weighted by Gasteiger charge is 2.32. The molecule has 6 nitrogen and oxygen atoms in total. The number of ether oxygens (including phenoxy) is 1. The molecule has 0 heterocycles. The van der Waals surface area contributed by atoms with E-state index in [4.69, 9.17) is 4.74 Å². The zero-order valence-electron chi connectivity index (χ0n) is 17.7. The lowest BCUT2D eigenvalue weighted by molar-refractivity contribution is -0.123. The summed E-state index contributed by atoms with van der Waals surface area (Å²) in [5.74, 6) is 0.422. The molecule has 0 aliphatic carbocycles. The van der Waals surface area contributed by atoms with Gasteiger partial charge in [0.2, 0.25) is 15.9 Å². The van der Waals surface area contributed by atoms with E-state index in [-0.39, 0.29) is 11.9 Å². The summed E-state index contributed by atoms with van der Waals surface area (Å²) in [6.45, 7) is 5.68. The van der Waals surface area contributed by atoms with Gasteiger partial charge >= 0.3 is 0 Å². The van der Waals surface area contributed by atoms with Crippen LogP contribution >= 0.6 is 0 Å². The Kier molecular flexibility index (Phi) is 7.67. The molecule has 0 radical (unpaired) electrons. The van der Waals surface area contributed by atoms with Crippen LogP contribution in [0.3, 0.4) is 0 Å². The molecule has 0 aliphatic heterocycles. The minimum absolute atomic E-state index is 0.221. The van der Waals surface area contributed by atoms with Crippen LogP contribution in [0.5, 0.6) is 5.75 Å². The molecule has 0 aromatic heterocycles. The van der Waals surface area contributed by atoms with Crippen LogP contribution in [0.1, 0.15) is 43.9 Å². The first kappa shape index (κ1) is 22.7. The standard InChI is InChI=1S/C22H30N2O4S/c1-6-20(17-11-13-19(28-4)14-12-17)23-22(25)21(7-2)24(29(5,26)27)18-10-8-9-16(3)15-18/h8-15,20-21H,6-7H2,1-5H3,(H,23,25). The van der Waals surface area contributed by atoms with Gasteiger partial charge in [-0.25, -0.2) is 8.42 Å². The highest BCUT2D eigenvalue weighted by atomic mass is 32.2. The van der Waals surface area contributed by atoms with Gasteiger partial charge in [0.1, 0.15) is 11.8 Å². The molecule has 0 bridgehead atoms. The number of methoxy groups -OCH3 is 1. The van der Waals surface area contributed by atoms with Crippen molar-refractivity contribution in [2.24, 2.45) is 0 Å². The molecule has 2 unspecified atom stereocenters. The summed E-state index contributed by atoms with van der Waals surface area (Å²) in [5, 5.41) is 3.02. The van der Waals surface area contributed by atoms with Gasteiger partial charge in [0.15, 0.2) is 0 Å². The number of benzene rings is 2. The maximum Gasteiger partial charge on any atom is 0.244 e. The van der Waals surface area contributed by atoms with Gasteiger partial charge in [-0.3, -0.25) is 9.10 Å². The van der Waals surface area contributed by atoms with E-state index >= 15 is 0 Å². The Bertz CT molecular complexity index is 926. The van der Waals surface area contributed by atoms with E-state index in [2.05, 4.69) is 5.32 Å². The molecule has 2 rings (SSSR count). The van der Waals surface area contributed by atoms with E-state index in [1.807, 2.05) is 51.1 Å². The number of amides is 1. The largest absolute Gasteiger partial charge is 0.497 e. The van der Waals surface area contributed by atoms with Crippen molar-refractivity contribution in [3.05, 3.63) is 59.7 Å². The van der Waals surface area contributed by atoms with Gasteiger partial charge in [-0.05, 0) is 55.2 Å². The molecular weight excluding hydrogens is 388 g/mol. The van der Waals surface area contributed by atoms with E-state index in [9.17, 15) is 13.2 Å². The monoisotopic (exact) mass is 418 g/mol. The van der Waals surface area contributed by atoms with E-state index < -0.39 is 16.1 Å². The van der Waals surface area contributed by atoms with Crippen LogP contribution in [0, 0.1) is 6.92 Å². The van der Waals surface area contributed by atoms with Gasteiger partial charge in [0, 0.05) is 0 Å². The van der Waals surface area contributed by atoms with Crippen molar-refractivity contribution in [3.8, 4) is 5.75 Å². The minimum atomic E-state index is -3.65. The molecule has 0 spiro atoms. The quantitative estimate of drug-likeness (QED) is 0.672. The van der Waals surface area contributed by atoms with Crippen molar-refractivity contribution in [1.82, 2.24) is 5.32 Å². The number of hydrogen-bond donors (Lipinski definition) is 1. The Morgan fingerprint density at radius 1 is 1.10 bits per heavy atom. The summed E-state index contributed by atoms with van der Waals surface area (Å²) in [6.07, 6.45) is 2.16. The first-order chi connectivity index (χ1) is 13.7. The predicted octanol–water partition coefficient (Wildman–Crippen LogP) is 3.82. The predicted molar refractivity (Wildman–Crippen MR) is 117 cm³/mol. The van der Waals surface area contributed by atoms with Crippen LogP contribution in [0.4, 0.5) is 5.69 Å².